The van der Waals surface area contributed by atoms with Crippen molar-refractivity contribution in [1.82, 2.24) is 20.3 Å². The van der Waals surface area contributed by atoms with E-state index in [1.807, 2.05) is 62.4 Å². The first-order valence-corrected chi connectivity index (χ1v) is 9.86. The number of aromatic nitrogens is 4. The standard InChI is InChI=1S/C22H22N4O4/c1-3-27-17-9-5-15(6-10-17)21-23-19(29-25-21)13-14-20-24-22(26-30-20)16-7-11-18(12-8-16)28-4-2/h5-12H,3-4,13-14H2,1-2H3. The van der Waals surface area contributed by atoms with Crippen LogP contribution in [0.5, 0.6) is 11.5 Å². The lowest BCUT2D eigenvalue weighted by Crippen LogP contribution is -1.93. The van der Waals surface area contributed by atoms with Gasteiger partial charge in [-0.25, -0.2) is 0 Å². The first-order valence-electron chi connectivity index (χ1n) is 9.86. The second-order valence-corrected chi connectivity index (χ2v) is 6.44. The average Bonchev–Trinajstić information content (AvgIpc) is 3.44. The van der Waals surface area contributed by atoms with E-state index in [0.717, 1.165) is 22.6 Å². The van der Waals surface area contributed by atoms with Crippen molar-refractivity contribution in [2.45, 2.75) is 26.7 Å². The van der Waals surface area contributed by atoms with Crippen molar-refractivity contribution in [3.63, 3.8) is 0 Å². The van der Waals surface area contributed by atoms with Crippen molar-refractivity contribution >= 4 is 0 Å². The Labute approximate surface area is 173 Å². The molecule has 0 saturated heterocycles. The summed E-state index contributed by atoms with van der Waals surface area (Å²) in [5.74, 6) is 3.72. The summed E-state index contributed by atoms with van der Waals surface area (Å²) in [4.78, 5) is 8.88. The molecule has 4 rings (SSSR count). The molecule has 2 aromatic heterocycles. The lowest BCUT2D eigenvalue weighted by molar-refractivity contribution is 0.340. The Morgan fingerprint density at radius 2 is 1.03 bits per heavy atom. The Morgan fingerprint density at radius 3 is 1.40 bits per heavy atom. The number of rotatable bonds is 9. The fourth-order valence-corrected chi connectivity index (χ4v) is 2.89. The zero-order valence-electron chi connectivity index (χ0n) is 16.9. The van der Waals surface area contributed by atoms with E-state index in [-0.39, 0.29) is 0 Å². The fourth-order valence-electron chi connectivity index (χ4n) is 2.89. The quantitative estimate of drug-likeness (QED) is 0.404. The summed E-state index contributed by atoms with van der Waals surface area (Å²) < 4.78 is 21.6. The number of hydrogen-bond donors (Lipinski definition) is 0. The summed E-state index contributed by atoms with van der Waals surface area (Å²) in [6.45, 7) is 5.15. The van der Waals surface area contributed by atoms with Crippen LogP contribution in [0.4, 0.5) is 0 Å². The zero-order chi connectivity index (χ0) is 20.8. The van der Waals surface area contributed by atoms with Crippen LogP contribution in [0.3, 0.4) is 0 Å². The van der Waals surface area contributed by atoms with Crippen LogP contribution in [0.1, 0.15) is 25.6 Å². The van der Waals surface area contributed by atoms with Gasteiger partial charge in [0.2, 0.25) is 23.4 Å². The van der Waals surface area contributed by atoms with E-state index >= 15 is 0 Å². The van der Waals surface area contributed by atoms with Crippen LogP contribution in [0.25, 0.3) is 22.8 Å². The van der Waals surface area contributed by atoms with Crippen LogP contribution in [-0.4, -0.2) is 33.5 Å². The predicted octanol–water partition coefficient (Wildman–Crippen LogP) is 4.37. The molecular weight excluding hydrogens is 384 g/mol. The van der Waals surface area contributed by atoms with Crippen LogP contribution in [-0.2, 0) is 12.8 Å². The van der Waals surface area contributed by atoms with Gasteiger partial charge >= 0.3 is 0 Å². The van der Waals surface area contributed by atoms with Gasteiger partial charge in [0, 0.05) is 24.0 Å². The topological polar surface area (TPSA) is 96.3 Å². The lowest BCUT2D eigenvalue weighted by Gasteiger charge is -2.02. The molecule has 0 saturated carbocycles. The molecule has 2 heterocycles. The third-order valence-electron chi connectivity index (χ3n) is 4.34. The van der Waals surface area contributed by atoms with Crippen LogP contribution in [0, 0.1) is 0 Å². The normalized spacial score (nSPS) is 10.9. The molecule has 0 aliphatic rings. The Bertz CT molecular complexity index is 983. The van der Waals surface area contributed by atoms with Crippen LogP contribution >= 0.6 is 0 Å². The maximum atomic E-state index is 5.45. The number of hydrogen-bond acceptors (Lipinski definition) is 8. The molecule has 0 bridgehead atoms. The fraction of sp³-hybridized carbons (Fsp3) is 0.273. The average molecular weight is 406 g/mol. The van der Waals surface area contributed by atoms with Crippen molar-refractivity contribution in [2.24, 2.45) is 0 Å². The highest BCUT2D eigenvalue weighted by Crippen LogP contribution is 2.22. The highest BCUT2D eigenvalue weighted by molar-refractivity contribution is 5.56. The van der Waals surface area contributed by atoms with Gasteiger partial charge in [0.1, 0.15) is 11.5 Å². The molecule has 154 valence electrons. The van der Waals surface area contributed by atoms with Crippen molar-refractivity contribution in [3.05, 3.63) is 60.3 Å². The van der Waals surface area contributed by atoms with Crippen molar-refractivity contribution in [2.75, 3.05) is 13.2 Å². The van der Waals surface area contributed by atoms with Crippen LogP contribution < -0.4 is 9.47 Å². The van der Waals surface area contributed by atoms with Gasteiger partial charge < -0.3 is 18.5 Å². The van der Waals surface area contributed by atoms with E-state index in [1.54, 1.807) is 0 Å². The van der Waals surface area contributed by atoms with Crippen molar-refractivity contribution in [1.29, 1.82) is 0 Å². The summed E-state index contributed by atoms with van der Waals surface area (Å²) in [6.07, 6.45) is 1.02. The van der Waals surface area contributed by atoms with Gasteiger partial charge in [-0.3, -0.25) is 0 Å². The predicted molar refractivity (Wildman–Crippen MR) is 109 cm³/mol. The molecule has 0 radical (unpaired) electrons. The van der Waals surface area contributed by atoms with E-state index < -0.39 is 0 Å². The number of ether oxygens (including phenoxy) is 2. The summed E-state index contributed by atoms with van der Waals surface area (Å²) >= 11 is 0. The van der Waals surface area contributed by atoms with Crippen molar-refractivity contribution in [3.8, 4) is 34.3 Å². The molecule has 8 heteroatoms. The van der Waals surface area contributed by atoms with E-state index in [0.29, 0.717) is 49.5 Å². The van der Waals surface area contributed by atoms with Crippen molar-refractivity contribution < 1.29 is 18.5 Å². The van der Waals surface area contributed by atoms with Crippen LogP contribution in [0.15, 0.2) is 57.6 Å². The van der Waals surface area contributed by atoms with Gasteiger partial charge in [-0.05, 0) is 62.4 Å². The first kappa shape index (κ1) is 19.6. The second kappa shape index (κ2) is 9.21. The first-order chi connectivity index (χ1) is 14.7. The summed E-state index contributed by atoms with van der Waals surface area (Å²) in [6, 6.07) is 15.2. The molecule has 0 aliphatic carbocycles. The van der Waals surface area contributed by atoms with Gasteiger partial charge in [-0.1, -0.05) is 10.3 Å². The maximum absolute atomic E-state index is 5.45. The molecule has 0 amide bonds. The second-order valence-electron chi connectivity index (χ2n) is 6.44. The Hall–Kier alpha value is -3.68. The van der Waals surface area contributed by atoms with Gasteiger partial charge in [-0.15, -0.1) is 0 Å². The van der Waals surface area contributed by atoms with E-state index in [1.165, 1.54) is 0 Å². The highest BCUT2D eigenvalue weighted by atomic mass is 16.5. The van der Waals surface area contributed by atoms with Crippen LogP contribution in [0.2, 0.25) is 0 Å². The van der Waals surface area contributed by atoms with E-state index in [4.69, 9.17) is 18.5 Å². The maximum Gasteiger partial charge on any atom is 0.227 e. The minimum atomic E-state index is 0.509. The molecule has 0 spiro atoms. The molecule has 0 fully saturated rings. The summed E-state index contributed by atoms with van der Waals surface area (Å²) in [7, 11) is 0. The van der Waals surface area contributed by atoms with Gasteiger partial charge in [0.05, 0.1) is 13.2 Å². The summed E-state index contributed by atoms with van der Waals surface area (Å²) in [5, 5.41) is 8.09. The van der Waals surface area contributed by atoms with Gasteiger partial charge in [0.25, 0.3) is 0 Å². The Kier molecular flexibility index (Phi) is 6.03. The smallest absolute Gasteiger partial charge is 0.227 e. The van der Waals surface area contributed by atoms with Gasteiger partial charge in [0.15, 0.2) is 0 Å². The van der Waals surface area contributed by atoms with Gasteiger partial charge in [-0.2, -0.15) is 9.97 Å². The SMILES string of the molecule is CCOc1ccc(-c2noc(CCc3nc(-c4ccc(OCC)cc4)no3)n2)cc1. The van der Waals surface area contributed by atoms with E-state index in [2.05, 4.69) is 20.3 Å². The number of aryl methyl sites for hydroxylation is 2. The molecule has 4 aromatic rings. The molecule has 2 aromatic carbocycles. The molecule has 0 aliphatic heterocycles. The minimum Gasteiger partial charge on any atom is -0.494 e. The molecule has 0 N–H and O–H groups in total. The summed E-state index contributed by atoms with van der Waals surface area (Å²) in [5.41, 5.74) is 1.73. The number of benzene rings is 2. The molecule has 30 heavy (non-hydrogen) atoms. The molecule has 0 unspecified atom stereocenters. The minimum absolute atomic E-state index is 0.509. The zero-order valence-corrected chi connectivity index (χ0v) is 16.9. The monoisotopic (exact) mass is 406 g/mol. The Morgan fingerprint density at radius 1 is 0.633 bits per heavy atom. The highest BCUT2D eigenvalue weighted by Gasteiger charge is 2.13. The van der Waals surface area contributed by atoms with E-state index in [9.17, 15) is 0 Å². The molecule has 8 nitrogen and oxygen atoms in total. The third kappa shape index (κ3) is 4.65. The number of nitrogens with zero attached hydrogens (tertiary/aromatic N) is 4. The largest absolute Gasteiger partial charge is 0.494 e. The third-order valence-corrected chi connectivity index (χ3v) is 4.34. The molecular formula is C22H22N4O4. The molecule has 0 atom stereocenters. The Balaban J connectivity index is 1.36. The lowest BCUT2D eigenvalue weighted by atomic mass is 10.2.